The van der Waals surface area contributed by atoms with Gasteiger partial charge >= 0.3 is 0 Å². The Labute approximate surface area is 110 Å². The van der Waals surface area contributed by atoms with Crippen molar-refractivity contribution in [2.45, 2.75) is 0 Å². The first-order valence-corrected chi connectivity index (χ1v) is 5.91. The van der Waals surface area contributed by atoms with Crippen LogP contribution in [0.5, 0.6) is 5.75 Å². The van der Waals surface area contributed by atoms with Gasteiger partial charge in [-0.2, -0.15) is 0 Å². The number of nitrogens with zero attached hydrogens (tertiary/aromatic N) is 2. The molecule has 0 aliphatic heterocycles. The van der Waals surface area contributed by atoms with Gasteiger partial charge in [0.1, 0.15) is 17.3 Å². The first kappa shape index (κ1) is 11.5. The summed E-state index contributed by atoms with van der Waals surface area (Å²) in [6.45, 7) is 0. The number of pyridine rings is 1. The van der Waals surface area contributed by atoms with E-state index in [-0.39, 0.29) is 0 Å². The summed E-state index contributed by atoms with van der Waals surface area (Å²) in [6, 6.07) is 13.3. The number of imidazole rings is 1. The molecule has 0 amide bonds. The normalized spacial score (nSPS) is 10.6. The van der Waals surface area contributed by atoms with Crippen molar-refractivity contribution in [1.29, 1.82) is 0 Å². The largest absolute Gasteiger partial charge is 0.496 e. The summed E-state index contributed by atoms with van der Waals surface area (Å²) in [7, 11) is 1.62. The quantitative estimate of drug-likeness (QED) is 0.673. The summed E-state index contributed by atoms with van der Waals surface area (Å²) in [6.07, 6.45) is 2.66. The number of para-hydroxylation sites is 1. The lowest BCUT2D eigenvalue weighted by atomic mass is 10.2. The van der Waals surface area contributed by atoms with E-state index < -0.39 is 0 Å². The fourth-order valence-electron chi connectivity index (χ4n) is 2.17. The second-order valence-electron chi connectivity index (χ2n) is 4.09. The highest BCUT2D eigenvalue weighted by Crippen LogP contribution is 2.30. The highest BCUT2D eigenvalue weighted by atomic mass is 16.5. The van der Waals surface area contributed by atoms with Crippen LogP contribution >= 0.6 is 0 Å². The highest BCUT2D eigenvalue weighted by Gasteiger charge is 2.14. The molecule has 2 aromatic heterocycles. The minimum atomic E-state index is 0.432. The smallest absolute Gasteiger partial charge is 0.170 e. The van der Waals surface area contributed by atoms with E-state index in [4.69, 9.17) is 4.74 Å². The zero-order valence-corrected chi connectivity index (χ0v) is 10.4. The van der Waals surface area contributed by atoms with Gasteiger partial charge in [0.15, 0.2) is 6.29 Å². The molecule has 2 heterocycles. The molecule has 4 nitrogen and oxygen atoms in total. The Balaban J connectivity index is 2.34. The summed E-state index contributed by atoms with van der Waals surface area (Å²) in [5.74, 6) is 1.44. The molecule has 0 spiro atoms. The fourth-order valence-corrected chi connectivity index (χ4v) is 2.17. The lowest BCUT2D eigenvalue weighted by Crippen LogP contribution is -1.92. The SMILES string of the molecule is COc1ccccc1-c1nc(C=O)c2ccccn12. The molecule has 0 radical (unpaired) electrons. The Kier molecular flexibility index (Phi) is 2.76. The first-order valence-electron chi connectivity index (χ1n) is 5.91. The van der Waals surface area contributed by atoms with Crippen LogP contribution in [0, 0.1) is 0 Å². The molecular weight excluding hydrogens is 240 g/mol. The van der Waals surface area contributed by atoms with Crippen LogP contribution in [0.3, 0.4) is 0 Å². The van der Waals surface area contributed by atoms with Gasteiger partial charge in [-0.25, -0.2) is 4.98 Å². The monoisotopic (exact) mass is 252 g/mol. The van der Waals surface area contributed by atoms with Crippen molar-refractivity contribution in [3.8, 4) is 17.1 Å². The zero-order chi connectivity index (χ0) is 13.2. The van der Waals surface area contributed by atoms with E-state index in [0.29, 0.717) is 11.5 Å². The number of rotatable bonds is 3. The van der Waals surface area contributed by atoms with Crippen molar-refractivity contribution in [3.05, 3.63) is 54.4 Å². The van der Waals surface area contributed by atoms with E-state index in [1.807, 2.05) is 53.1 Å². The fraction of sp³-hybridized carbons (Fsp3) is 0.0667. The van der Waals surface area contributed by atoms with Gasteiger partial charge in [0.05, 0.1) is 18.2 Å². The molecule has 0 saturated carbocycles. The number of ether oxygens (including phenoxy) is 1. The lowest BCUT2D eigenvalue weighted by molar-refractivity contribution is 0.112. The zero-order valence-electron chi connectivity index (χ0n) is 10.4. The summed E-state index contributed by atoms with van der Waals surface area (Å²) >= 11 is 0. The summed E-state index contributed by atoms with van der Waals surface area (Å²) in [5.41, 5.74) is 2.08. The molecule has 94 valence electrons. The molecule has 0 fully saturated rings. The minimum Gasteiger partial charge on any atom is -0.496 e. The number of aromatic nitrogens is 2. The summed E-state index contributed by atoms with van der Waals surface area (Å²) in [5, 5.41) is 0. The van der Waals surface area contributed by atoms with Crippen LogP contribution in [0.15, 0.2) is 48.7 Å². The second-order valence-corrected chi connectivity index (χ2v) is 4.09. The minimum absolute atomic E-state index is 0.432. The van der Waals surface area contributed by atoms with E-state index >= 15 is 0 Å². The van der Waals surface area contributed by atoms with Crippen molar-refractivity contribution in [2.24, 2.45) is 0 Å². The topological polar surface area (TPSA) is 43.6 Å². The number of benzene rings is 1. The van der Waals surface area contributed by atoms with Gasteiger partial charge in [-0.3, -0.25) is 9.20 Å². The van der Waals surface area contributed by atoms with Crippen molar-refractivity contribution in [3.63, 3.8) is 0 Å². The predicted octanol–water partition coefficient (Wildman–Crippen LogP) is 2.82. The number of carbonyl (C=O) groups is 1. The van der Waals surface area contributed by atoms with Crippen molar-refractivity contribution in [1.82, 2.24) is 9.38 Å². The predicted molar refractivity (Wildman–Crippen MR) is 72.6 cm³/mol. The maximum Gasteiger partial charge on any atom is 0.170 e. The van der Waals surface area contributed by atoms with E-state index in [2.05, 4.69) is 4.98 Å². The second kappa shape index (κ2) is 4.57. The van der Waals surface area contributed by atoms with Crippen LogP contribution in [-0.4, -0.2) is 22.8 Å². The number of hydrogen-bond acceptors (Lipinski definition) is 3. The average Bonchev–Trinajstić information content (AvgIpc) is 2.86. The van der Waals surface area contributed by atoms with Gasteiger partial charge in [0.25, 0.3) is 0 Å². The Morgan fingerprint density at radius 2 is 1.95 bits per heavy atom. The van der Waals surface area contributed by atoms with Crippen LogP contribution in [0.4, 0.5) is 0 Å². The summed E-state index contributed by atoms with van der Waals surface area (Å²) < 4.78 is 7.24. The molecule has 0 aliphatic rings. The Morgan fingerprint density at radius 3 is 2.74 bits per heavy atom. The number of fused-ring (bicyclic) bond motifs is 1. The summed E-state index contributed by atoms with van der Waals surface area (Å²) in [4.78, 5) is 15.5. The number of methoxy groups -OCH3 is 1. The molecular formula is C15H12N2O2. The molecule has 19 heavy (non-hydrogen) atoms. The van der Waals surface area contributed by atoms with Crippen molar-refractivity contribution in [2.75, 3.05) is 7.11 Å². The molecule has 0 bridgehead atoms. The molecule has 0 saturated heterocycles. The van der Waals surface area contributed by atoms with Crippen molar-refractivity contribution >= 4 is 11.8 Å². The Hall–Kier alpha value is -2.62. The van der Waals surface area contributed by atoms with E-state index in [9.17, 15) is 4.79 Å². The number of hydrogen-bond donors (Lipinski definition) is 0. The standard InChI is InChI=1S/C15H12N2O2/c1-19-14-8-3-2-6-11(14)15-16-12(10-18)13-7-4-5-9-17(13)15/h2-10H,1H3. The number of aldehydes is 1. The average molecular weight is 252 g/mol. The van der Waals surface area contributed by atoms with E-state index in [1.165, 1.54) is 0 Å². The highest BCUT2D eigenvalue weighted by molar-refractivity contribution is 5.86. The number of carbonyl (C=O) groups excluding carboxylic acids is 1. The lowest BCUT2D eigenvalue weighted by Gasteiger charge is -2.06. The van der Waals surface area contributed by atoms with Crippen LogP contribution < -0.4 is 4.74 Å². The third kappa shape index (κ3) is 1.78. The van der Waals surface area contributed by atoms with Gasteiger partial charge in [0, 0.05) is 6.20 Å². The van der Waals surface area contributed by atoms with Crippen LogP contribution in [0.25, 0.3) is 16.9 Å². The molecule has 3 aromatic rings. The molecule has 0 unspecified atom stereocenters. The van der Waals surface area contributed by atoms with Gasteiger partial charge in [-0.15, -0.1) is 0 Å². The van der Waals surface area contributed by atoms with Gasteiger partial charge < -0.3 is 4.74 Å². The van der Waals surface area contributed by atoms with Crippen LogP contribution in [0.2, 0.25) is 0 Å². The van der Waals surface area contributed by atoms with Crippen molar-refractivity contribution < 1.29 is 9.53 Å². The Bertz CT molecular complexity index is 747. The first-order chi connectivity index (χ1) is 9.35. The van der Waals surface area contributed by atoms with Crippen LogP contribution in [0.1, 0.15) is 10.5 Å². The molecule has 4 heteroatoms. The molecule has 1 aromatic carbocycles. The molecule has 3 rings (SSSR count). The molecule has 0 aliphatic carbocycles. The van der Waals surface area contributed by atoms with E-state index in [1.54, 1.807) is 7.11 Å². The Morgan fingerprint density at radius 1 is 1.16 bits per heavy atom. The molecule has 0 atom stereocenters. The van der Waals surface area contributed by atoms with Gasteiger partial charge in [0.2, 0.25) is 0 Å². The van der Waals surface area contributed by atoms with Crippen LogP contribution in [-0.2, 0) is 0 Å². The van der Waals surface area contributed by atoms with E-state index in [0.717, 1.165) is 23.1 Å². The maximum absolute atomic E-state index is 11.1. The third-order valence-corrected chi connectivity index (χ3v) is 3.04. The third-order valence-electron chi connectivity index (χ3n) is 3.04. The molecule has 0 N–H and O–H groups in total. The van der Waals surface area contributed by atoms with Gasteiger partial charge in [-0.05, 0) is 24.3 Å². The maximum atomic E-state index is 11.1. The van der Waals surface area contributed by atoms with Gasteiger partial charge in [-0.1, -0.05) is 18.2 Å².